The van der Waals surface area contributed by atoms with Gasteiger partial charge >= 0.3 is 0 Å². The highest BCUT2D eigenvalue weighted by Gasteiger charge is 2.10. The van der Waals surface area contributed by atoms with Crippen molar-refractivity contribution in [1.82, 2.24) is 10.6 Å². The summed E-state index contributed by atoms with van der Waals surface area (Å²) in [7, 11) is 0. The van der Waals surface area contributed by atoms with Gasteiger partial charge in [0.2, 0.25) is 0 Å². The van der Waals surface area contributed by atoms with Gasteiger partial charge < -0.3 is 10.6 Å². The van der Waals surface area contributed by atoms with Gasteiger partial charge in [0, 0.05) is 24.2 Å². The number of nitrogens with one attached hydrogen (secondary N) is 2. The van der Waals surface area contributed by atoms with Crippen molar-refractivity contribution in [2.24, 2.45) is 0 Å². The van der Waals surface area contributed by atoms with Crippen molar-refractivity contribution < 1.29 is 9.59 Å². The van der Waals surface area contributed by atoms with E-state index in [9.17, 15) is 9.59 Å². The Hall–Kier alpha value is -2.62. The molecule has 0 heterocycles. The standard InChI is InChI=1S/C20H24N2O2/c1-3-4-11-21-19(23)17-9-6-10-18(13-17)20(24)22-14-16-8-5-7-15(2)12-16/h5-10,12-13H,3-4,11,14H2,1-2H3,(H,21,23)(H,22,24). The van der Waals surface area contributed by atoms with Gasteiger partial charge in [-0.15, -0.1) is 0 Å². The fourth-order valence-electron chi connectivity index (χ4n) is 2.39. The summed E-state index contributed by atoms with van der Waals surface area (Å²) in [6.07, 6.45) is 1.98. The predicted octanol–water partition coefficient (Wildman–Crippen LogP) is 3.45. The summed E-state index contributed by atoms with van der Waals surface area (Å²) in [6, 6.07) is 14.8. The molecule has 0 aliphatic carbocycles. The number of aryl methyl sites for hydroxylation is 1. The van der Waals surface area contributed by atoms with Crippen LogP contribution in [0.25, 0.3) is 0 Å². The lowest BCUT2D eigenvalue weighted by atomic mass is 10.1. The van der Waals surface area contributed by atoms with E-state index >= 15 is 0 Å². The predicted molar refractivity (Wildman–Crippen MR) is 96.0 cm³/mol. The third kappa shape index (κ3) is 5.23. The lowest BCUT2D eigenvalue weighted by molar-refractivity contribution is 0.0950. The summed E-state index contributed by atoms with van der Waals surface area (Å²) in [5.74, 6) is -0.323. The van der Waals surface area contributed by atoms with Crippen LogP contribution < -0.4 is 10.6 Å². The molecule has 0 aliphatic heterocycles. The molecule has 2 N–H and O–H groups in total. The largest absolute Gasteiger partial charge is 0.352 e. The normalized spacial score (nSPS) is 10.2. The van der Waals surface area contributed by atoms with E-state index in [0.29, 0.717) is 24.2 Å². The maximum absolute atomic E-state index is 12.3. The van der Waals surface area contributed by atoms with E-state index in [1.165, 1.54) is 0 Å². The molecule has 0 aliphatic rings. The summed E-state index contributed by atoms with van der Waals surface area (Å²) in [5.41, 5.74) is 3.21. The van der Waals surface area contributed by atoms with Gasteiger partial charge in [-0.05, 0) is 37.1 Å². The smallest absolute Gasteiger partial charge is 0.251 e. The Morgan fingerprint density at radius 3 is 2.25 bits per heavy atom. The third-order valence-corrected chi connectivity index (χ3v) is 3.74. The molecule has 0 saturated heterocycles. The Labute approximate surface area is 143 Å². The van der Waals surface area contributed by atoms with Crippen LogP contribution in [-0.2, 0) is 6.54 Å². The highest BCUT2D eigenvalue weighted by Crippen LogP contribution is 2.07. The number of amides is 2. The molecular weight excluding hydrogens is 300 g/mol. The second-order valence-corrected chi connectivity index (χ2v) is 5.86. The first-order valence-corrected chi connectivity index (χ1v) is 8.32. The second-order valence-electron chi connectivity index (χ2n) is 5.86. The van der Waals surface area contributed by atoms with Crippen LogP contribution in [0.2, 0.25) is 0 Å². The number of carbonyl (C=O) groups is 2. The van der Waals surface area contributed by atoms with E-state index in [2.05, 4.69) is 17.6 Å². The van der Waals surface area contributed by atoms with Crippen LogP contribution in [-0.4, -0.2) is 18.4 Å². The number of hydrogen-bond donors (Lipinski definition) is 2. The number of hydrogen-bond acceptors (Lipinski definition) is 2. The van der Waals surface area contributed by atoms with Crippen LogP contribution in [0.1, 0.15) is 51.6 Å². The van der Waals surface area contributed by atoms with Crippen molar-refractivity contribution >= 4 is 11.8 Å². The van der Waals surface area contributed by atoms with Gasteiger partial charge in [-0.1, -0.05) is 49.2 Å². The van der Waals surface area contributed by atoms with Crippen LogP contribution in [0.5, 0.6) is 0 Å². The molecule has 0 bridgehead atoms. The zero-order valence-corrected chi connectivity index (χ0v) is 14.3. The van der Waals surface area contributed by atoms with Crippen molar-refractivity contribution in [3.8, 4) is 0 Å². The van der Waals surface area contributed by atoms with Crippen molar-refractivity contribution in [2.75, 3.05) is 6.54 Å². The first kappa shape index (κ1) is 17.7. The molecule has 0 saturated carbocycles. The fraction of sp³-hybridized carbons (Fsp3) is 0.300. The highest BCUT2D eigenvalue weighted by atomic mass is 16.2. The molecule has 4 nitrogen and oxygen atoms in total. The van der Waals surface area contributed by atoms with Gasteiger partial charge in [0.25, 0.3) is 11.8 Å². The minimum absolute atomic E-state index is 0.142. The number of rotatable bonds is 7. The summed E-state index contributed by atoms with van der Waals surface area (Å²) in [6.45, 7) is 5.21. The minimum atomic E-state index is -0.181. The molecule has 0 spiro atoms. The van der Waals surface area contributed by atoms with Crippen molar-refractivity contribution in [2.45, 2.75) is 33.2 Å². The number of benzene rings is 2. The number of carbonyl (C=O) groups excluding carboxylic acids is 2. The zero-order chi connectivity index (χ0) is 17.4. The summed E-state index contributed by atoms with van der Waals surface area (Å²) >= 11 is 0. The van der Waals surface area contributed by atoms with E-state index in [4.69, 9.17) is 0 Å². The van der Waals surface area contributed by atoms with Crippen molar-refractivity contribution in [3.63, 3.8) is 0 Å². The highest BCUT2D eigenvalue weighted by molar-refractivity contribution is 5.99. The molecule has 0 fully saturated rings. The number of unbranched alkanes of at least 4 members (excludes halogenated alkanes) is 1. The maximum Gasteiger partial charge on any atom is 0.251 e. The van der Waals surface area contributed by atoms with Crippen LogP contribution in [0.3, 0.4) is 0 Å². The van der Waals surface area contributed by atoms with Crippen molar-refractivity contribution in [3.05, 3.63) is 70.8 Å². The Morgan fingerprint density at radius 1 is 0.917 bits per heavy atom. The molecule has 2 rings (SSSR count). The first-order chi connectivity index (χ1) is 11.6. The van der Waals surface area contributed by atoms with Gasteiger partial charge in [-0.3, -0.25) is 9.59 Å². The Balaban J connectivity index is 1.97. The Bertz CT molecular complexity index is 710. The van der Waals surface area contributed by atoms with Gasteiger partial charge in [0.1, 0.15) is 0 Å². The topological polar surface area (TPSA) is 58.2 Å². The lowest BCUT2D eigenvalue weighted by Gasteiger charge is -2.08. The van der Waals surface area contributed by atoms with E-state index < -0.39 is 0 Å². The molecule has 24 heavy (non-hydrogen) atoms. The molecule has 2 aromatic carbocycles. The molecular formula is C20H24N2O2. The average molecular weight is 324 g/mol. The summed E-state index contributed by atoms with van der Waals surface area (Å²) in [5, 5.41) is 5.75. The van der Waals surface area contributed by atoms with E-state index in [1.807, 2.05) is 31.2 Å². The molecule has 2 aromatic rings. The van der Waals surface area contributed by atoms with Crippen LogP contribution in [0.15, 0.2) is 48.5 Å². The molecule has 0 aromatic heterocycles. The first-order valence-electron chi connectivity index (χ1n) is 8.32. The van der Waals surface area contributed by atoms with Gasteiger partial charge in [0.05, 0.1) is 0 Å². The quantitative estimate of drug-likeness (QED) is 0.766. The Morgan fingerprint density at radius 2 is 1.58 bits per heavy atom. The maximum atomic E-state index is 12.3. The molecule has 0 atom stereocenters. The van der Waals surface area contributed by atoms with Gasteiger partial charge in [-0.25, -0.2) is 0 Å². The molecule has 2 amide bonds. The molecule has 0 radical (unpaired) electrons. The summed E-state index contributed by atoms with van der Waals surface area (Å²) in [4.78, 5) is 24.4. The van der Waals surface area contributed by atoms with Crippen LogP contribution in [0.4, 0.5) is 0 Å². The molecule has 4 heteroatoms. The third-order valence-electron chi connectivity index (χ3n) is 3.74. The Kier molecular flexibility index (Phi) is 6.55. The van der Waals surface area contributed by atoms with E-state index in [-0.39, 0.29) is 11.8 Å². The second kappa shape index (κ2) is 8.87. The molecule has 0 unspecified atom stereocenters. The van der Waals surface area contributed by atoms with E-state index in [1.54, 1.807) is 24.3 Å². The SMILES string of the molecule is CCCCNC(=O)c1cccc(C(=O)NCc2cccc(C)c2)c1. The van der Waals surface area contributed by atoms with E-state index in [0.717, 1.165) is 24.0 Å². The monoisotopic (exact) mass is 324 g/mol. The fourth-order valence-corrected chi connectivity index (χ4v) is 2.39. The van der Waals surface area contributed by atoms with Gasteiger partial charge in [-0.2, -0.15) is 0 Å². The van der Waals surface area contributed by atoms with Crippen LogP contribution >= 0.6 is 0 Å². The zero-order valence-electron chi connectivity index (χ0n) is 14.3. The minimum Gasteiger partial charge on any atom is -0.352 e. The molecule has 126 valence electrons. The van der Waals surface area contributed by atoms with Gasteiger partial charge in [0.15, 0.2) is 0 Å². The average Bonchev–Trinajstić information content (AvgIpc) is 2.60. The summed E-state index contributed by atoms with van der Waals surface area (Å²) < 4.78 is 0. The van der Waals surface area contributed by atoms with Crippen molar-refractivity contribution in [1.29, 1.82) is 0 Å². The van der Waals surface area contributed by atoms with Crippen LogP contribution in [0, 0.1) is 6.92 Å². The lowest BCUT2D eigenvalue weighted by Crippen LogP contribution is -2.26.